The Bertz CT molecular complexity index is 250. The molecule has 0 aromatic carbocycles. The lowest BCUT2D eigenvalue weighted by Gasteiger charge is -2.12. The van der Waals surface area contributed by atoms with Crippen molar-refractivity contribution in [3.05, 3.63) is 0 Å². The fraction of sp³-hybridized carbons (Fsp3) is 0.600. The lowest BCUT2D eigenvalue weighted by atomic mass is 10.3. The quantitative estimate of drug-likeness (QED) is 0.295. The first-order valence-electron chi connectivity index (χ1n) is 2.77. The standard InChI is InChI=1S/C5H2F4N2O2/c6-4(7,10-2-12)1-5(8,9)11-3-13/h1H2. The summed E-state index contributed by atoms with van der Waals surface area (Å²) in [6.07, 6.45) is -1.31. The van der Waals surface area contributed by atoms with Crippen LogP contribution in [0.3, 0.4) is 0 Å². The minimum absolute atomic E-state index is 0.424. The molecule has 0 saturated carbocycles. The molecule has 0 spiro atoms. The third-order valence-electron chi connectivity index (χ3n) is 0.844. The number of hydrogen-bond acceptors (Lipinski definition) is 4. The molecule has 0 aliphatic carbocycles. The van der Waals surface area contributed by atoms with E-state index < -0.39 is 18.5 Å². The minimum atomic E-state index is -4.29. The van der Waals surface area contributed by atoms with Crippen molar-refractivity contribution in [3.8, 4) is 0 Å². The van der Waals surface area contributed by atoms with Crippen LogP contribution >= 0.6 is 0 Å². The highest BCUT2D eigenvalue weighted by Crippen LogP contribution is 2.31. The van der Waals surface area contributed by atoms with Crippen molar-refractivity contribution in [1.82, 2.24) is 0 Å². The fourth-order valence-corrected chi connectivity index (χ4v) is 0.469. The number of nitrogens with zero attached hydrogens (tertiary/aromatic N) is 2. The molecule has 0 saturated heterocycles. The molecule has 0 unspecified atom stereocenters. The molecule has 4 nitrogen and oxygen atoms in total. The number of rotatable bonds is 4. The van der Waals surface area contributed by atoms with Crippen LogP contribution in [0.2, 0.25) is 0 Å². The Labute approximate surface area is 69.0 Å². The van der Waals surface area contributed by atoms with Crippen molar-refractivity contribution in [1.29, 1.82) is 0 Å². The smallest absolute Gasteiger partial charge is 0.211 e. The van der Waals surface area contributed by atoms with Crippen molar-refractivity contribution in [2.45, 2.75) is 18.5 Å². The molecule has 72 valence electrons. The topological polar surface area (TPSA) is 58.9 Å². The highest BCUT2D eigenvalue weighted by molar-refractivity contribution is 5.34. The molecule has 0 radical (unpaired) electrons. The maximum atomic E-state index is 12.1. The van der Waals surface area contributed by atoms with Gasteiger partial charge < -0.3 is 0 Å². The Kier molecular flexibility index (Phi) is 3.47. The minimum Gasteiger partial charge on any atom is -0.211 e. The summed E-state index contributed by atoms with van der Waals surface area (Å²) < 4.78 is 48.6. The van der Waals surface area contributed by atoms with Crippen molar-refractivity contribution in [2.75, 3.05) is 0 Å². The second-order valence-electron chi connectivity index (χ2n) is 1.91. The fourth-order valence-electron chi connectivity index (χ4n) is 0.469. The van der Waals surface area contributed by atoms with Gasteiger partial charge in [-0.2, -0.15) is 17.6 Å². The van der Waals surface area contributed by atoms with Crippen molar-refractivity contribution in [2.24, 2.45) is 9.98 Å². The van der Waals surface area contributed by atoms with Gasteiger partial charge in [-0.3, -0.25) is 0 Å². The van der Waals surface area contributed by atoms with Crippen LogP contribution in [-0.4, -0.2) is 24.3 Å². The van der Waals surface area contributed by atoms with Crippen LogP contribution in [0.25, 0.3) is 0 Å². The van der Waals surface area contributed by atoms with Crippen LogP contribution in [0.1, 0.15) is 6.42 Å². The average Bonchev–Trinajstić information content (AvgIpc) is 1.82. The molecule has 0 amide bonds. The number of carbonyl (C=O) groups excluding carboxylic acids is 2. The first kappa shape index (κ1) is 11.5. The summed E-state index contributed by atoms with van der Waals surface area (Å²) in [4.78, 5) is 22.3. The van der Waals surface area contributed by atoms with Crippen LogP contribution in [0.4, 0.5) is 17.6 Å². The maximum absolute atomic E-state index is 12.1. The van der Waals surface area contributed by atoms with Gasteiger partial charge in [0.2, 0.25) is 12.2 Å². The third kappa shape index (κ3) is 4.84. The van der Waals surface area contributed by atoms with Crippen LogP contribution < -0.4 is 0 Å². The molecular weight excluding hydrogens is 196 g/mol. The molecule has 0 fully saturated rings. The van der Waals surface area contributed by atoms with Gasteiger partial charge in [-0.1, -0.05) is 0 Å². The predicted octanol–water partition coefficient (Wildman–Crippen LogP) is 1.23. The molecule has 0 atom stereocenters. The van der Waals surface area contributed by atoms with Gasteiger partial charge in [-0.05, 0) is 0 Å². The normalized spacial score (nSPS) is 11.4. The molecule has 0 aliphatic heterocycles. The van der Waals surface area contributed by atoms with E-state index in [-0.39, 0.29) is 0 Å². The zero-order valence-corrected chi connectivity index (χ0v) is 5.93. The molecule has 0 aromatic heterocycles. The molecule has 13 heavy (non-hydrogen) atoms. The van der Waals surface area contributed by atoms with E-state index in [1.807, 2.05) is 9.98 Å². The molecule has 0 rings (SSSR count). The zero-order valence-electron chi connectivity index (χ0n) is 5.93. The molecule has 0 heterocycles. The van der Waals surface area contributed by atoms with E-state index in [4.69, 9.17) is 0 Å². The van der Waals surface area contributed by atoms with Gasteiger partial charge in [0, 0.05) is 0 Å². The molecule has 0 N–H and O–H groups in total. The SMILES string of the molecule is O=C=NC(F)(F)CC(F)(F)N=C=O. The Balaban J connectivity index is 4.59. The van der Waals surface area contributed by atoms with E-state index in [9.17, 15) is 27.2 Å². The lowest BCUT2D eigenvalue weighted by molar-refractivity contribution is -0.0999. The lowest BCUT2D eigenvalue weighted by Crippen LogP contribution is -2.25. The Morgan fingerprint density at radius 2 is 1.23 bits per heavy atom. The highest BCUT2D eigenvalue weighted by Gasteiger charge is 2.43. The Morgan fingerprint density at radius 3 is 1.46 bits per heavy atom. The van der Waals surface area contributed by atoms with Crippen LogP contribution in [0.5, 0.6) is 0 Å². The van der Waals surface area contributed by atoms with Gasteiger partial charge in [0.05, 0.1) is 0 Å². The summed E-state index contributed by atoms with van der Waals surface area (Å²) in [6, 6.07) is -8.57. The van der Waals surface area contributed by atoms with E-state index in [0.29, 0.717) is 12.2 Å². The van der Waals surface area contributed by atoms with E-state index >= 15 is 0 Å². The molecule has 8 heteroatoms. The summed E-state index contributed by atoms with van der Waals surface area (Å²) in [5, 5.41) is 0. The van der Waals surface area contributed by atoms with E-state index in [1.165, 1.54) is 0 Å². The molecular formula is C5H2F4N2O2. The Morgan fingerprint density at radius 1 is 0.923 bits per heavy atom. The van der Waals surface area contributed by atoms with Crippen LogP contribution in [-0.2, 0) is 9.59 Å². The second kappa shape index (κ2) is 3.93. The monoisotopic (exact) mass is 198 g/mol. The summed E-state index contributed by atoms with van der Waals surface area (Å²) in [6.45, 7) is 0. The van der Waals surface area contributed by atoms with E-state index in [0.717, 1.165) is 0 Å². The van der Waals surface area contributed by atoms with Crippen molar-refractivity contribution < 1.29 is 27.2 Å². The second-order valence-corrected chi connectivity index (χ2v) is 1.91. The molecule has 0 bridgehead atoms. The number of aliphatic imine (C=N–C) groups is 2. The number of isocyanates is 2. The average molecular weight is 198 g/mol. The summed E-state index contributed by atoms with van der Waals surface area (Å²) in [5.74, 6) is 0. The van der Waals surface area contributed by atoms with Gasteiger partial charge in [-0.15, -0.1) is 9.98 Å². The molecule has 0 aliphatic rings. The molecule has 0 aromatic rings. The van der Waals surface area contributed by atoms with Crippen LogP contribution in [0.15, 0.2) is 9.98 Å². The van der Waals surface area contributed by atoms with Crippen molar-refractivity contribution >= 4 is 12.2 Å². The van der Waals surface area contributed by atoms with Crippen LogP contribution in [0, 0.1) is 0 Å². The summed E-state index contributed by atoms with van der Waals surface area (Å²) in [5.41, 5.74) is 0. The number of hydrogen-bond donors (Lipinski definition) is 0. The van der Waals surface area contributed by atoms with Gasteiger partial charge in [0.1, 0.15) is 6.42 Å². The maximum Gasteiger partial charge on any atom is 0.359 e. The summed E-state index contributed by atoms with van der Waals surface area (Å²) >= 11 is 0. The summed E-state index contributed by atoms with van der Waals surface area (Å²) in [7, 11) is 0. The first-order chi connectivity index (χ1) is 5.83. The van der Waals surface area contributed by atoms with Gasteiger partial charge in [-0.25, -0.2) is 9.59 Å². The highest BCUT2D eigenvalue weighted by atomic mass is 19.3. The van der Waals surface area contributed by atoms with E-state index in [2.05, 4.69) is 0 Å². The Hall–Kier alpha value is -1.52. The van der Waals surface area contributed by atoms with Gasteiger partial charge in [0.15, 0.2) is 0 Å². The number of halogens is 4. The van der Waals surface area contributed by atoms with Crippen molar-refractivity contribution in [3.63, 3.8) is 0 Å². The van der Waals surface area contributed by atoms with Gasteiger partial charge >= 0.3 is 12.1 Å². The zero-order chi connectivity index (χ0) is 10.5. The first-order valence-corrected chi connectivity index (χ1v) is 2.77. The van der Waals surface area contributed by atoms with E-state index in [1.54, 1.807) is 0 Å². The van der Waals surface area contributed by atoms with Gasteiger partial charge in [0.25, 0.3) is 0 Å². The largest absolute Gasteiger partial charge is 0.359 e. The third-order valence-corrected chi connectivity index (χ3v) is 0.844. The number of alkyl halides is 4. The predicted molar refractivity (Wildman–Crippen MR) is 30.8 cm³/mol.